The molecule has 0 aliphatic carbocycles. The Morgan fingerprint density at radius 1 is 1.15 bits per heavy atom. The van der Waals surface area contributed by atoms with Crippen molar-refractivity contribution in [1.82, 2.24) is 0 Å². The van der Waals surface area contributed by atoms with Crippen molar-refractivity contribution in [3.05, 3.63) is 53.1 Å². The topological polar surface area (TPSA) is 125 Å². The summed E-state index contributed by atoms with van der Waals surface area (Å²) in [4.78, 5) is 10.7. The number of aromatic hydroxyl groups is 1. The molecule has 0 spiro atoms. The lowest BCUT2D eigenvalue weighted by molar-refractivity contribution is -0.139. The van der Waals surface area contributed by atoms with E-state index < -0.39 is 22.4 Å². The number of rotatable bonds is 4. The Kier molecular flexibility index (Phi) is 5.51. The van der Waals surface area contributed by atoms with Crippen LogP contribution in [0, 0.1) is 23.2 Å². The molecule has 0 atom stereocenters. The van der Waals surface area contributed by atoms with Crippen molar-refractivity contribution in [2.45, 2.75) is 4.90 Å². The molecule has 0 radical (unpaired) electrons. The number of nitrogens with zero attached hydrogens (tertiary/aromatic N) is 1. The lowest BCUT2D eigenvalue weighted by atomic mass is 10.1. The van der Waals surface area contributed by atoms with E-state index in [9.17, 15) is 18.3 Å². The molecule has 8 heteroatoms. The number of benzene rings is 2. The predicted octanol–water partition coefficient (Wildman–Crippen LogP) is 1.53. The highest BCUT2D eigenvalue weighted by Gasteiger charge is 2.10. The zero-order valence-corrected chi connectivity index (χ0v) is 14.4. The SMILES string of the molecule is CS(=O)(=O)c1ccc(O)c(C#Cc2cc(C#N)ccc2OCC(=O)O)c1. The average Bonchev–Trinajstić information content (AvgIpc) is 2.58. The fourth-order valence-corrected chi connectivity index (χ4v) is 2.59. The number of carbonyl (C=O) groups is 1. The second-order valence-corrected chi connectivity index (χ2v) is 7.22. The van der Waals surface area contributed by atoms with Crippen molar-refractivity contribution in [2.24, 2.45) is 0 Å². The second kappa shape index (κ2) is 7.60. The van der Waals surface area contributed by atoms with Gasteiger partial charge in [-0.25, -0.2) is 13.2 Å². The Balaban J connectivity index is 2.49. The number of phenolic OH excluding ortho intramolecular Hbond substituents is 1. The van der Waals surface area contributed by atoms with E-state index in [0.29, 0.717) is 0 Å². The number of hydrogen-bond acceptors (Lipinski definition) is 6. The molecule has 7 nitrogen and oxygen atoms in total. The maximum atomic E-state index is 11.6. The summed E-state index contributed by atoms with van der Waals surface area (Å²) in [6.07, 6.45) is 1.03. The van der Waals surface area contributed by atoms with Gasteiger partial charge in [-0.15, -0.1) is 0 Å². The molecule has 0 saturated heterocycles. The molecule has 0 aliphatic heterocycles. The molecule has 0 unspecified atom stereocenters. The molecule has 0 bridgehead atoms. The molecule has 0 aliphatic rings. The van der Waals surface area contributed by atoms with Crippen molar-refractivity contribution in [3.8, 4) is 29.4 Å². The van der Waals surface area contributed by atoms with Crippen molar-refractivity contribution in [1.29, 1.82) is 5.26 Å². The molecule has 2 aromatic rings. The van der Waals surface area contributed by atoms with Gasteiger partial charge in [-0.05, 0) is 36.4 Å². The third-order valence-electron chi connectivity index (χ3n) is 3.19. The highest BCUT2D eigenvalue weighted by molar-refractivity contribution is 7.90. The summed E-state index contributed by atoms with van der Waals surface area (Å²) in [6.45, 7) is -0.588. The molecule has 2 rings (SSSR count). The number of hydrogen-bond donors (Lipinski definition) is 2. The normalized spacial score (nSPS) is 10.3. The van der Waals surface area contributed by atoms with E-state index in [0.717, 1.165) is 6.26 Å². The maximum Gasteiger partial charge on any atom is 0.341 e. The van der Waals surface area contributed by atoms with Gasteiger partial charge in [0.15, 0.2) is 16.4 Å². The third kappa shape index (κ3) is 4.76. The van der Waals surface area contributed by atoms with Crippen LogP contribution in [-0.2, 0) is 14.6 Å². The lowest BCUT2D eigenvalue weighted by Crippen LogP contribution is -2.10. The van der Waals surface area contributed by atoms with Gasteiger partial charge >= 0.3 is 5.97 Å². The average molecular weight is 371 g/mol. The van der Waals surface area contributed by atoms with E-state index >= 15 is 0 Å². The van der Waals surface area contributed by atoms with Crippen LogP contribution >= 0.6 is 0 Å². The van der Waals surface area contributed by atoms with Gasteiger partial charge in [0.05, 0.1) is 27.7 Å². The monoisotopic (exact) mass is 371 g/mol. The van der Waals surface area contributed by atoms with Gasteiger partial charge in [0.2, 0.25) is 0 Å². The first-order valence-electron chi connectivity index (χ1n) is 7.14. The Hall–Kier alpha value is -3.49. The smallest absolute Gasteiger partial charge is 0.341 e. The number of carboxylic acid groups (broad SMARTS) is 1. The predicted molar refractivity (Wildman–Crippen MR) is 91.5 cm³/mol. The van der Waals surface area contributed by atoms with Crippen molar-refractivity contribution in [3.63, 3.8) is 0 Å². The van der Waals surface area contributed by atoms with Gasteiger partial charge in [-0.1, -0.05) is 11.8 Å². The lowest BCUT2D eigenvalue weighted by Gasteiger charge is -2.06. The van der Waals surface area contributed by atoms with Gasteiger partial charge in [-0.2, -0.15) is 5.26 Å². The summed E-state index contributed by atoms with van der Waals surface area (Å²) < 4.78 is 28.4. The molecule has 0 amide bonds. The summed E-state index contributed by atoms with van der Waals surface area (Å²) >= 11 is 0. The highest BCUT2D eigenvalue weighted by Crippen LogP contribution is 2.22. The van der Waals surface area contributed by atoms with Gasteiger partial charge < -0.3 is 14.9 Å². The Labute approximate surface area is 150 Å². The van der Waals surface area contributed by atoms with Crippen LogP contribution in [0.5, 0.6) is 11.5 Å². The van der Waals surface area contributed by atoms with Crippen LogP contribution < -0.4 is 4.74 Å². The minimum Gasteiger partial charge on any atom is -0.507 e. The standard InChI is InChI=1S/C18H13NO6S/c1-26(23,24)15-5-6-16(20)13(9-15)3-4-14-8-12(10-19)2-7-17(14)25-11-18(21)22/h2,5-9,20H,11H2,1H3,(H,21,22). The number of nitriles is 1. The first kappa shape index (κ1) is 18.8. The first-order chi connectivity index (χ1) is 12.2. The van der Waals surface area contributed by atoms with Gasteiger partial charge in [0.25, 0.3) is 0 Å². The number of phenols is 1. The molecule has 0 saturated carbocycles. The zero-order chi connectivity index (χ0) is 19.3. The van der Waals surface area contributed by atoms with Crippen LogP contribution in [-0.4, -0.2) is 37.5 Å². The van der Waals surface area contributed by atoms with E-state index in [-0.39, 0.29) is 33.1 Å². The van der Waals surface area contributed by atoms with E-state index in [4.69, 9.17) is 15.1 Å². The van der Waals surface area contributed by atoms with Crippen molar-refractivity contribution in [2.75, 3.05) is 12.9 Å². The summed E-state index contributed by atoms with van der Waals surface area (Å²) in [5.74, 6) is 4.06. The van der Waals surface area contributed by atoms with Crippen LogP contribution in [0.2, 0.25) is 0 Å². The van der Waals surface area contributed by atoms with Crippen molar-refractivity contribution >= 4 is 15.8 Å². The number of ether oxygens (including phenoxy) is 1. The quantitative estimate of drug-likeness (QED) is 0.781. The zero-order valence-electron chi connectivity index (χ0n) is 13.6. The van der Waals surface area contributed by atoms with E-state index in [1.807, 2.05) is 6.07 Å². The summed E-state index contributed by atoms with van der Waals surface area (Å²) in [5, 5.41) is 27.6. The van der Waals surface area contributed by atoms with E-state index in [2.05, 4.69) is 11.8 Å². The maximum absolute atomic E-state index is 11.6. The fourth-order valence-electron chi connectivity index (χ4n) is 1.94. The number of sulfone groups is 1. The highest BCUT2D eigenvalue weighted by atomic mass is 32.2. The number of carboxylic acids is 1. The van der Waals surface area contributed by atoms with Gasteiger partial charge in [0, 0.05) is 6.26 Å². The minimum atomic E-state index is -3.47. The first-order valence-corrected chi connectivity index (χ1v) is 9.03. The van der Waals surface area contributed by atoms with E-state index in [1.165, 1.54) is 36.4 Å². The summed E-state index contributed by atoms with van der Waals surface area (Å²) in [7, 11) is -3.47. The van der Waals surface area contributed by atoms with Gasteiger partial charge in [0.1, 0.15) is 11.5 Å². The Morgan fingerprint density at radius 2 is 1.85 bits per heavy atom. The molecule has 0 aromatic heterocycles. The van der Waals surface area contributed by atoms with Crippen LogP contribution in [0.3, 0.4) is 0 Å². The molecule has 2 N–H and O–H groups in total. The molecular formula is C18H13NO6S. The van der Waals surface area contributed by atoms with Gasteiger partial charge in [-0.3, -0.25) is 0 Å². The van der Waals surface area contributed by atoms with Crippen LogP contribution in [0.15, 0.2) is 41.3 Å². The van der Waals surface area contributed by atoms with E-state index in [1.54, 1.807) is 0 Å². The molecule has 26 heavy (non-hydrogen) atoms. The van der Waals surface area contributed by atoms with Crippen molar-refractivity contribution < 1.29 is 28.2 Å². The Bertz CT molecular complexity index is 1070. The molecule has 0 heterocycles. The number of aliphatic carboxylic acids is 1. The third-order valence-corrected chi connectivity index (χ3v) is 4.30. The van der Waals surface area contributed by atoms with Crippen LogP contribution in [0.25, 0.3) is 0 Å². The molecule has 132 valence electrons. The summed E-state index contributed by atoms with van der Waals surface area (Å²) in [6, 6.07) is 9.90. The largest absolute Gasteiger partial charge is 0.507 e. The second-order valence-electron chi connectivity index (χ2n) is 5.21. The summed E-state index contributed by atoms with van der Waals surface area (Å²) in [5.41, 5.74) is 0.583. The fraction of sp³-hybridized carbons (Fsp3) is 0.111. The van der Waals surface area contributed by atoms with Crippen LogP contribution in [0.1, 0.15) is 16.7 Å². The molecule has 0 fully saturated rings. The minimum absolute atomic E-state index is 0.00673. The van der Waals surface area contributed by atoms with Crippen LogP contribution in [0.4, 0.5) is 0 Å². The molecular weight excluding hydrogens is 358 g/mol. The Morgan fingerprint density at radius 3 is 2.46 bits per heavy atom. The molecule has 2 aromatic carbocycles.